The SMILES string of the molecule is C=C(NNC(=O)c1ccc(NS(=O)(=O)c2cccs2)cc1)c1ccc(O)cc1[O-]. The Morgan fingerprint density at radius 1 is 1.07 bits per heavy atom. The van der Waals surface area contributed by atoms with Gasteiger partial charge in [0.15, 0.2) is 0 Å². The third-order valence-electron chi connectivity index (χ3n) is 3.78. The van der Waals surface area contributed by atoms with Crippen molar-refractivity contribution in [1.82, 2.24) is 10.9 Å². The van der Waals surface area contributed by atoms with E-state index in [2.05, 4.69) is 22.2 Å². The molecule has 0 fully saturated rings. The molecule has 0 atom stereocenters. The van der Waals surface area contributed by atoms with Crippen molar-refractivity contribution in [3.63, 3.8) is 0 Å². The van der Waals surface area contributed by atoms with Gasteiger partial charge >= 0.3 is 0 Å². The Kier molecular flexibility index (Phi) is 5.76. The number of anilines is 1. The van der Waals surface area contributed by atoms with Crippen molar-refractivity contribution in [3.05, 3.63) is 77.7 Å². The fraction of sp³-hybridized carbons (Fsp3) is 0. The first-order valence-electron chi connectivity index (χ1n) is 8.18. The molecular formula is C19H16N3O5S2-. The van der Waals surface area contributed by atoms with E-state index in [1.165, 1.54) is 42.5 Å². The Labute approximate surface area is 171 Å². The van der Waals surface area contributed by atoms with Crippen molar-refractivity contribution in [2.24, 2.45) is 0 Å². The van der Waals surface area contributed by atoms with Crippen LogP contribution in [-0.4, -0.2) is 19.4 Å². The molecule has 0 bridgehead atoms. The predicted molar refractivity (Wildman–Crippen MR) is 109 cm³/mol. The van der Waals surface area contributed by atoms with Crippen LogP contribution >= 0.6 is 11.3 Å². The molecule has 150 valence electrons. The van der Waals surface area contributed by atoms with Crippen LogP contribution in [0.5, 0.6) is 11.5 Å². The number of amides is 1. The second-order valence-electron chi connectivity index (χ2n) is 5.85. The number of carbonyl (C=O) groups is 1. The Bertz CT molecular complexity index is 1140. The second-order valence-corrected chi connectivity index (χ2v) is 8.71. The van der Waals surface area contributed by atoms with Crippen LogP contribution in [0.1, 0.15) is 15.9 Å². The summed E-state index contributed by atoms with van der Waals surface area (Å²) in [6.45, 7) is 3.68. The first kappa shape index (κ1) is 20.2. The van der Waals surface area contributed by atoms with Crippen LogP contribution in [0.25, 0.3) is 5.70 Å². The number of hydrogen-bond donors (Lipinski definition) is 4. The monoisotopic (exact) mass is 430 g/mol. The molecule has 0 radical (unpaired) electrons. The summed E-state index contributed by atoms with van der Waals surface area (Å²) in [5.41, 5.74) is 5.87. The third kappa shape index (κ3) is 4.86. The Balaban J connectivity index is 1.61. The Morgan fingerprint density at radius 3 is 2.41 bits per heavy atom. The number of rotatable bonds is 7. The minimum absolute atomic E-state index is 0.156. The molecule has 1 heterocycles. The quantitative estimate of drug-likeness (QED) is 0.425. The fourth-order valence-electron chi connectivity index (χ4n) is 2.34. The zero-order valence-corrected chi connectivity index (χ0v) is 16.5. The lowest BCUT2D eigenvalue weighted by Gasteiger charge is -2.17. The van der Waals surface area contributed by atoms with Gasteiger partial charge in [-0.2, -0.15) is 0 Å². The van der Waals surface area contributed by atoms with E-state index in [1.54, 1.807) is 11.4 Å². The molecule has 1 amide bonds. The molecule has 2 aromatic carbocycles. The molecule has 0 saturated carbocycles. The van der Waals surface area contributed by atoms with Crippen molar-refractivity contribution in [2.75, 3.05) is 4.72 Å². The van der Waals surface area contributed by atoms with Gasteiger partial charge in [-0.3, -0.25) is 20.4 Å². The zero-order chi connectivity index (χ0) is 21.0. The summed E-state index contributed by atoms with van der Waals surface area (Å²) in [5, 5.41) is 22.7. The maximum atomic E-state index is 12.2. The molecule has 29 heavy (non-hydrogen) atoms. The summed E-state index contributed by atoms with van der Waals surface area (Å²) >= 11 is 1.10. The Morgan fingerprint density at radius 2 is 1.79 bits per heavy atom. The summed E-state index contributed by atoms with van der Waals surface area (Å²) in [5.74, 6) is -1.12. The number of phenolic OH excluding ortho intramolecular Hbond substituents is 1. The van der Waals surface area contributed by atoms with Gasteiger partial charge in [0.1, 0.15) is 9.96 Å². The van der Waals surface area contributed by atoms with Gasteiger partial charge in [-0.25, -0.2) is 8.42 Å². The highest BCUT2D eigenvalue weighted by Crippen LogP contribution is 2.24. The number of hydrazine groups is 1. The highest BCUT2D eigenvalue weighted by Gasteiger charge is 2.15. The second kappa shape index (κ2) is 8.25. The largest absolute Gasteiger partial charge is 0.872 e. The first-order valence-corrected chi connectivity index (χ1v) is 10.5. The van der Waals surface area contributed by atoms with Crippen LogP contribution in [-0.2, 0) is 10.0 Å². The van der Waals surface area contributed by atoms with Crippen LogP contribution in [0.2, 0.25) is 0 Å². The van der Waals surface area contributed by atoms with Gasteiger partial charge < -0.3 is 10.2 Å². The predicted octanol–water partition coefficient (Wildman–Crippen LogP) is 2.23. The molecule has 3 rings (SSSR count). The molecule has 0 unspecified atom stereocenters. The van der Waals surface area contributed by atoms with Crippen molar-refractivity contribution < 1.29 is 23.4 Å². The number of phenols is 1. The van der Waals surface area contributed by atoms with Gasteiger partial charge in [-0.15, -0.1) is 11.3 Å². The molecule has 0 aliphatic heterocycles. The molecule has 3 aromatic rings. The molecule has 8 nitrogen and oxygen atoms in total. The first-order chi connectivity index (χ1) is 13.8. The lowest BCUT2D eigenvalue weighted by molar-refractivity contribution is -0.268. The molecule has 0 aliphatic carbocycles. The van der Waals surface area contributed by atoms with Crippen LogP contribution in [0, 0.1) is 0 Å². The van der Waals surface area contributed by atoms with Crippen LogP contribution < -0.4 is 20.7 Å². The minimum Gasteiger partial charge on any atom is -0.872 e. The van der Waals surface area contributed by atoms with E-state index in [0.29, 0.717) is 5.69 Å². The Hall–Kier alpha value is -3.50. The average Bonchev–Trinajstić information content (AvgIpc) is 3.22. The van der Waals surface area contributed by atoms with Gasteiger partial charge in [-0.1, -0.05) is 18.4 Å². The number of hydrogen-bond acceptors (Lipinski definition) is 7. The summed E-state index contributed by atoms with van der Waals surface area (Å²) < 4.78 is 27.0. The fourth-order valence-corrected chi connectivity index (χ4v) is 4.40. The normalized spacial score (nSPS) is 10.9. The van der Waals surface area contributed by atoms with E-state index in [4.69, 9.17) is 0 Å². The van der Waals surface area contributed by atoms with E-state index < -0.39 is 21.7 Å². The summed E-state index contributed by atoms with van der Waals surface area (Å²) in [4.78, 5) is 12.2. The smallest absolute Gasteiger partial charge is 0.271 e. The van der Waals surface area contributed by atoms with E-state index in [1.807, 2.05) is 0 Å². The van der Waals surface area contributed by atoms with Gasteiger partial charge in [0.25, 0.3) is 15.9 Å². The average molecular weight is 430 g/mol. The van der Waals surface area contributed by atoms with E-state index >= 15 is 0 Å². The molecule has 0 spiro atoms. The van der Waals surface area contributed by atoms with Gasteiger partial charge in [0.05, 0.1) is 5.70 Å². The van der Waals surface area contributed by atoms with Gasteiger partial charge in [0.2, 0.25) is 0 Å². The van der Waals surface area contributed by atoms with E-state index in [-0.39, 0.29) is 26.8 Å². The lowest BCUT2D eigenvalue weighted by atomic mass is 10.1. The van der Waals surface area contributed by atoms with Gasteiger partial charge in [0, 0.05) is 11.3 Å². The van der Waals surface area contributed by atoms with Crippen molar-refractivity contribution in [3.8, 4) is 11.5 Å². The standard InChI is InChI=1S/C19H17N3O5S2/c1-12(16-9-8-15(23)11-17(16)24)20-21-19(25)13-4-6-14(7-5-13)22-29(26,27)18-3-2-10-28-18/h2-11,20,22-24H,1H2,(H,21,25)/p-1. The van der Waals surface area contributed by atoms with E-state index in [0.717, 1.165) is 17.4 Å². The number of carbonyl (C=O) groups excluding carboxylic acids is 1. The summed E-state index contributed by atoms with van der Waals surface area (Å²) in [6.07, 6.45) is 0. The molecule has 4 N–H and O–H groups in total. The minimum atomic E-state index is -3.67. The van der Waals surface area contributed by atoms with Gasteiger partial charge in [-0.05, 0) is 59.5 Å². The highest BCUT2D eigenvalue weighted by atomic mass is 32.2. The maximum absolute atomic E-state index is 12.2. The molecule has 0 saturated heterocycles. The van der Waals surface area contributed by atoms with E-state index in [9.17, 15) is 23.4 Å². The third-order valence-corrected chi connectivity index (χ3v) is 6.56. The number of sulfonamides is 1. The number of thiophene rings is 1. The molecule has 0 aliphatic rings. The van der Waals surface area contributed by atoms with Crippen molar-refractivity contribution in [1.29, 1.82) is 0 Å². The highest BCUT2D eigenvalue weighted by molar-refractivity contribution is 7.94. The summed E-state index contributed by atoms with van der Waals surface area (Å²) in [6, 6.07) is 12.7. The maximum Gasteiger partial charge on any atom is 0.271 e. The molecule has 10 heteroatoms. The number of aromatic hydroxyl groups is 1. The molecular weight excluding hydrogens is 414 g/mol. The summed E-state index contributed by atoms with van der Waals surface area (Å²) in [7, 11) is -3.67. The van der Waals surface area contributed by atoms with Crippen LogP contribution in [0.15, 0.2) is 70.8 Å². The lowest BCUT2D eigenvalue weighted by Crippen LogP contribution is -2.36. The zero-order valence-electron chi connectivity index (χ0n) is 14.9. The number of benzene rings is 2. The number of nitrogens with one attached hydrogen (secondary N) is 3. The van der Waals surface area contributed by atoms with Crippen LogP contribution in [0.4, 0.5) is 5.69 Å². The van der Waals surface area contributed by atoms with Crippen molar-refractivity contribution in [2.45, 2.75) is 4.21 Å². The van der Waals surface area contributed by atoms with Crippen molar-refractivity contribution >= 4 is 38.7 Å². The topological polar surface area (TPSA) is 131 Å². The van der Waals surface area contributed by atoms with Crippen LogP contribution in [0.3, 0.4) is 0 Å². The molecule has 1 aromatic heterocycles.